The van der Waals surface area contributed by atoms with E-state index in [-0.39, 0.29) is 0 Å². The number of hydrogen-bond acceptors (Lipinski definition) is 3. The summed E-state index contributed by atoms with van der Waals surface area (Å²) >= 11 is 0. The average Bonchev–Trinajstić information content (AvgIpc) is 3.09. The Morgan fingerprint density at radius 1 is 1.20 bits per heavy atom. The Hall–Kier alpha value is -1.09. The zero-order valence-corrected chi connectivity index (χ0v) is 12.9. The van der Waals surface area contributed by atoms with Crippen molar-refractivity contribution in [3.63, 3.8) is 0 Å². The molecule has 1 atom stereocenters. The summed E-state index contributed by atoms with van der Waals surface area (Å²) in [7, 11) is 0. The van der Waals surface area contributed by atoms with Gasteiger partial charge >= 0.3 is 0 Å². The molecule has 2 aliphatic heterocycles. The van der Waals surface area contributed by atoms with E-state index in [1.54, 1.807) is 0 Å². The van der Waals surface area contributed by atoms with Crippen LogP contribution in [0.3, 0.4) is 0 Å². The first-order chi connectivity index (χ1) is 9.75. The molecular weight excluding hydrogens is 246 g/mol. The summed E-state index contributed by atoms with van der Waals surface area (Å²) in [6.45, 7) is 9.46. The number of anilines is 1. The molecule has 1 aromatic rings. The highest BCUT2D eigenvalue weighted by molar-refractivity contribution is 5.49. The molecule has 0 radical (unpaired) electrons. The Morgan fingerprint density at radius 3 is 2.75 bits per heavy atom. The summed E-state index contributed by atoms with van der Waals surface area (Å²) in [6.07, 6.45) is 7.21. The van der Waals surface area contributed by atoms with Crippen molar-refractivity contribution in [2.45, 2.75) is 45.6 Å². The standard InChI is InChI=1S/C17H27N3/c1-14(2)13-20-12-6-8-16(20)15-7-5-9-18-17(15)19-10-3-4-11-19/h5,7,9,14,16H,3-4,6,8,10-13H2,1-2H3/t16-/m1/s1. The van der Waals surface area contributed by atoms with Crippen molar-refractivity contribution in [3.8, 4) is 0 Å². The van der Waals surface area contributed by atoms with Crippen LogP contribution in [0, 0.1) is 5.92 Å². The monoisotopic (exact) mass is 273 g/mol. The predicted octanol–water partition coefficient (Wildman–Crippen LogP) is 3.47. The number of aromatic nitrogens is 1. The molecule has 0 bridgehead atoms. The second-order valence-electron chi connectivity index (χ2n) is 6.66. The first-order valence-corrected chi connectivity index (χ1v) is 8.19. The molecule has 0 aliphatic carbocycles. The van der Waals surface area contributed by atoms with E-state index in [4.69, 9.17) is 4.98 Å². The fourth-order valence-corrected chi connectivity index (χ4v) is 3.73. The lowest BCUT2D eigenvalue weighted by Crippen LogP contribution is -2.29. The molecule has 0 aromatic carbocycles. The van der Waals surface area contributed by atoms with Crippen LogP contribution in [0.15, 0.2) is 18.3 Å². The van der Waals surface area contributed by atoms with Gasteiger partial charge in [0.05, 0.1) is 0 Å². The van der Waals surface area contributed by atoms with Crippen LogP contribution in [0.1, 0.15) is 51.1 Å². The van der Waals surface area contributed by atoms with Gasteiger partial charge in [0, 0.05) is 37.4 Å². The first-order valence-electron chi connectivity index (χ1n) is 8.19. The summed E-state index contributed by atoms with van der Waals surface area (Å²) in [6, 6.07) is 5.01. The van der Waals surface area contributed by atoms with Crippen molar-refractivity contribution in [1.29, 1.82) is 0 Å². The maximum absolute atomic E-state index is 4.72. The summed E-state index contributed by atoms with van der Waals surface area (Å²) < 4.78 is 0. The maximum atomic E-state index is 4.72. The molecule has 2 aliphatic rings. The van der Waals surface area contributed by atoms with Gasteiger partial charge in [-0.05, 0) is 44.2 Å². The van der Waals surface area contributed by atoms with Crippen molar-refractivity contribution in [1.82, 2.24) is 9.88 Å². The number of pyridine rings is 1. The highest BCUT2D eigenvalue weighted by atomic mass is 15.2. The van der Waals surface area contributed by atoms with Gasteiger partial charge in [0.1, 0.15) is 5.82 Å². The van der Waals surface area contributed by atoms with E-state index in [0.29, 0.717) is 6.04 Å². The van der Waals surface area contributed by atoms with Crippen molar-refractivity contribution < 1.29 is 0 Å². The molecule has 3 heteroatoms. The quantitative estimate of drug-likeness (QED) is 0.837. The minimum atomic E-state index is 0.585. The van der Waals surface area contributed by atoms with E-state index in [9.17, 15) is 0 Å². The molecule has 2 fully saturated rings. The maximum Gasteiger partial charge on any atom is 0.133 e. The second kappa shape index (κ2) is 6.13. The van der Waals surface area contributed by atoms with E-state index in [2.05, 4.69) is 35.8 Å². The van der Waals surface area contributed by atoms with Crippen molar-refractivity contribution in [3.05, 3.63) is 23.9 Å². The third-order valence-electron chi connectivity index (χ3n) is 4.54. The number of likely N-dealkylation sites (tertiary alicyclic amines) is 1. The Kier molecular flexibility index (Phi) is 4.25. The molecular formula is C17H27N3. The van der Waals surface area contributed by atoms with E-state index >= 15 is 0 Å². The van der Waals surface area contributed by atoms with Crippen LogP contribution in [-0.2, 0) is 0 Å². The molecule has 20 heavy (non-hydrogen) atoms. The van der Waals surface area contributed by atoms with Crippen LogP contribution in [-0.4, -0.2) is 36.1 Å². The molecule has 3 heterocycles. The van der Waals surface area contributed by atoms with Crippen molar-refractivity contribution >= 4 is 5.82 Å². The third kappa shape index (κ3) is 2.83. The number of nitrogens with zero attached hydrogens (tertiary/aromatic N) is 3. The highest BCUT2D eigenvalue weighted by Gasteiger charge is 2.30. The lowest BCUT2D eigenvalue weighted by molar-refractivity contribution is 0.229. The molecule has 1 aromatic heterocycles. The number of rotatable bonds is 4. The van der Waals surface area contributed by atoms with Crippen molar-refractivity contribution in [2.24, 2.45) is 5.92 Å². The van der Waals surface area contributed by atoms with Gasteiger partial charge in [-0.15, -0.1) is 0 Å². The molecule has 0 unspecified atom stereocenters. The molecule has 0 N–H and O–H groups in total. The van der Waals surface area contributed by atoms with Gasteiger partial charge in [0.15, 0.2) is 0 Å². The lowest BCUT2D eigenvalue weighted by Gasteiger charge is -2.29. The smallest absolute Gasteiger partial charge is 0.133 e. The molecule has 0 spiro atoms. The van der Waals surface area contributed by atoms with Gasteiger partial charge in [-0.3, -0.25) is 4.90 Å². The molecule has 2 saturated heterocycles. The molecule has 110 valence electrons. The van der Waals surface area contributed by atoms with E-state index < -0.39 is 0 Å². The summed E-state index contributed by atoms with van der Waals surface area (Å²) in [5.74, 6) is 1.99. The van der Waals surface area contributed by atoms with Gasteiger partial charge in [0.25, 0.3) is 0 Å². The molecule has 3 nitrogen and oxygen atoms in total. The van der Waals surface area contributed by atoms with Gasteiger partial charge in [-0.25, -0.2) is 4.98 Å². The van der Waals surface area contributed by atoms with E-state index in [1.165, 1.54) is 63.2 Å². The Morgan fingerprint density at radius 2 is 2.00 bits per heavy atom. The third-order valence-corrected chi connectivity index (χ3v) is 4.54. The molecule has 0 amide bonds. The van der Waals surface area contributed by atoms with Crippen LogP contribution < -0.4 is 4.90 Å². The SMILES string of the molecule is CC(C)CN1CCC[C@@H]1c1cccnc1N1CCCC1. The van der Waals surface area contributed by atoms with Crippen LogP contribution in [0.25, 0.3) is 0 Å². The predicted molar refractivity (Wildman–Crippen MR) is 84.1 cm³/mol. The minimum absolute atomic E-state index is 0.585. The van der Waals surface area contributed by atoms with Crippen molar-refractivity contribution in [2.75, 3.05) is 31.1 Å². The van der Waals surface area contributed by atoms with Gasteiger partial charge in [-0.1, -0.05) is 19.9 Å². The van der Waals surface area contributed by atoms with Gasteiger partial charge in [0.2, 0.25) is 0 Å². The summed E-state index contributed by atoms with van der Waals surface area (Å²) in [4.78, 5) is 9.87. The summed E-state index contributed by atoms with van der Waals surface area (Å²) in [5, 5.41) is 0. The normalized spacial score (nSPS) is 23.9. The Bertz CT molecular complexity index is 438. The molecule has 0 saturated carbocycles. The van der Waals surface area contributed by atoms with Crippen LogP contribution in [0.5, 0.6) is 0 Å². The minimum Gasteiger partial charge on any atom is -0.356 e. The average molecular weight is 273 g/mol. The van der Waals surface area contributed by atoms with Crippen LogP contribution in [0.4, 0.5) is 5.82 Å². The highest BCUT2D eigenvalue weighted by Crippen LogP contribution is 2.37. The van der Waals surface area contributed by atoms with Crippen LogP contribution >= 0.6 is 0 Å². The topological polar surface area (TPSA) is 19.4 Å². The first kappa shape index (κ1) is 13.9. The second-order valence-corrected chi connectivity index (χ2v) is 6.66. The van der Waals surface area contributed by atoms with E-state index in [0.717, 1.165) is 5.92 Å². The Labute approximate surface area is 123 Å². The van der Waals surface area contributed by atoms with Gasteiger partial charge in [-0.2, -0.15) is 0 Å². The number of hydrogen-bond donors (Lipinski definition) is 0. The summed E-state index contributed by atoms with van der Waals surface area (Å²) in [5.41, 5.74) is 1.47. The Balaban J connectivity index is 1.85. The van der Waals surface area contributed by atoms with Gasteiger partial charge < -0.3 is 4.90 Å². The fraction of sp³-hybridized carbons (Fsp3) is 0.706. The molecule has 3 rings (SSSR count). The van der Waals surface area contributed by atoms with E-state index in [1.807, 2.05) is 6.20 Å². The zero-order valence-electron chi connectivity index (χ0n) is 12.9. The van der Waals surface area contributed by atoms with Crippen LogP contribution in [0.2, 0.25) is 0 Å². The fourth-order valence-electron chi connectivity index (χ4n) is 3.73. The lowest BCUT2D eigenvalue weighted by atomic mass is 10.0. The largest absolute Gasteiger partial charge is 0.356 e. The zero-order chi connectivity index (χ0) is 13.9.